The number of nitrogens with one attached hydrogen (secondary N) is 1. The number of alkyl halides is 6. The first-order valence-corrected chi connectivity index (χ1v) is 9.10. The van der Waals surface area contributed by atoms with Gasteiger partial charge in [-0.2, -0.15) is 26.3 Å². The highest BCUT2D eigenvalue weighted by Crippen LogP contribution is 2.44. The summed E-state index contributed by atoms with van der Waals surface area (Å²) in [4.78, 5) is 3.82. The standard InChI is InChI=1S/C17H19F6N5O2/c1-8-5-3-2-4-6-15(29,17(21,22)23)14-28-27-13(30-14)11-10(24)7-9(16(18,19)20)12(25-8)26-11/h7-8,29H,2-6,24H2,1H3,(H,25,26). The van der Waals surface area contributed by atoms with Gasteiger partial charge in [-0.25, -0.2) is 4.98 Å². The van der Waals surface area contributed by atoms with Crippen molar-refractivity contribution in [2.75, 3.05) is 11.1 Å². The SMILES string of the molecule is CC1CCCCCC(O)(C(F)(F)F)c2nnc(o2)-c2nc(c(C(F)(F)F)cc2N)N1. The molecule has 3 heterocycles. The fourth-order valence-corrected chi connectivity index (χ4v) is 3.20. The summed E-state index contributed by atoms with van der Waals surface area (Å²) in [5.41, 5.74) is 0.196. The highest BCUT2D eigenvalue weighted by atomic mass is 19.4. The minimum Gasteiger partial charge on any atom is -0.416 e. The molecule has 2 unspecified atom stereocenters. The van der Waals surface area contributed by atoms with E-state index in [0.717, 1.165) is 0 Å². The van der Waals surface area contributed by atoms with Gasteiger partial charge in [-0.1, -0.05) is 12.8 Å². The van der Waals surface area contributed by atoms with Crippen LogP contribution < -0.4 is 11.1 Å². The van der Waals surface area contributed by atoms with Gasteiger partial charge in [0.15, 0.2) is 5.69 Å². The van der Waals surface area contributed by atoms with E-state index in [0.29, 0.717) is 25.3 Å². The van der Waals surface area contributed by atoms with E-state index in [1.165, 1.54) is 0 Å². The molecule has 1 aliphatic rings. The van der Waals surface area contributed by atoms with Crippen molar-refractivity contribution < 1.29 is 35.9 Å². The van der Waals surface area contributed by atoms with Crippen molar-refractivity contribution in [3.8, 4) is 11.6 Å². The maximum Gasteiger partial charge on any atom is 0.426 e. The van der Waals surface area contributed by atoms with Gasteiger partial charge >= 0.3 is 12.4 Å². The van der Waals surface area contributed by atoms with Crippen LogP contribution in [0.4, 0.5) is 37.8 Å². The van der Waals surface area contributed by atoms with E-state index in [2.05, 4.69) is 20.5 Å². The van der Waals surface area contributed by atoms with Gasteiger partial charge in [-0.3, -0.25) is 0 Å². The van der Waals surface area contributed by atoms with E-state index >= 15 is 0 Å². The molecule has 0 radical (unpaired) electrons. The lowest BCUT2D eigenvalue weighted by atomic mass is 9.94. The van der Waals surface area contributed by atoms with Crippen LogP contribution in [0.15, 0.2) is 10.5 Å². The largest absolute Gasteiger partial charge is 0.426 e. The Kier molecular flexibility index (Phi) is 5.60. The molecule has 2 atom stereocenters. The second-order valence-corrected chi connectivity index (χ2v) is 7.24. The number of halogens is 6. The molecule has 4 N–H and O–H groups in total. The number of aliphatic hydroxyl groups is 1. The molecule has 2 aromatic rings. The topological polar surface area (TPSA) is 110 Å². The number of aromatic nitrogens is 3. The lowest BCUT2D eigenvalue weighted by molar-refractivity contribution is -0.277. The third-order valence-corrected chi connectivity index (χ3v) is 4.87. The molecule has 0 amide bonds. The van der Waals surface area contributed by atoms with Crippen LogP contribution in [0.3, 0.4) is 0 Å². The molecule has 0 aromatic carbocycles. The van der Waals surface area contributed by atoms with Crippen LogP contribution in [0, 0.1) is 0 Å². The number of nitrogens with two attached hydrogens (primary N) is 1. The molecule has 0 saturated carbocycles. The molecular formula is C17H19F6N5O2. The third kappa shape index (κ3) is 4.16. The highest BCUT2D eigenvalue weighted by molar-refractivity contribution is 5.71. The summed E-state index contributed by atoms with van der Waals surface area (Å²) in [5.74, 6) is -2.31. The van der Waals surface area contributed by atoms with Gasteiger partial charge < -0.3 is 20.6 Å². The molecule has 0 fully saturated rings. The minimum absolute atomic E-state index is 0.0140. The van der Waals surface area contributed by atoms with Crippen LogP contribution in [0.1, 0.15) is 50.5 Å². The number of anilines is 2. The Hall–Kier alpha value is -2.57. The number of pyridine rings is 1. The predicted molar refractivity (Wildman–Crippen MR) is 93.1 cm³/mol. The molecule has 13 heteroatoms. The molecule has 30 heavy (non-hydrogen) atoms. The monoisotopic (exact) mass is 439 g/mol. The molecule has 0 saturated heterocycles. The van der Waals surface area contributed by atoms with Gasteiger partial charge in [-0.05, 0) is 32.3 Å². The summed E-state index contributed by atoms with van der Waals surface area (Å²) in [6.07, 6.45) is -9.50. The number of hydrogen-bond donors (Lipinski definition) is 3. The Labute approximate surface area is 166 Å². The van der Waals surface area contributed by atoms with Crippen molar-refractivity contribution >= 4 is 11.5 Å². The zero-order chi connectivity index (χ0) is 22.3. The maximum absolute atomic E-state index is 13.6. The molecule has 4 bridgehead atoms. The van der Waals surface area contributed by atoms with Crippen LogP contribution in [0.2, 0.25) is 0 Å². The van der Waals surface area contributed by atoms with Crippen molar-refractivity contribution in [3.05, 3.63) is 17.5 Å². The molecule has 0 spiro atoms. The second-order valence-electron chi connectivity index (χ2n) is 7.24. The summed E-state index contributed by atoms with van der Waals surface area (Å²) in [7, 11) is 0. The predicted octanol–water partition coefficient (Wildman–Crippen LogP) is 4.25. The Balaban J connectivity index is 2.17. The van der Waals surface area contributed by atoms with E-state index in [-0.39, 0.29) is 6.42 Å². The van der Waals surface area contributed by atoms with Crippen LogP contribution in [0.25, 0.3) is 11.6 Å². The Morgan fingerprint density at radius 1 is 1.17 bits per heavy atom. The van der Waals surface area contributed by atoms with Crippen molar-refractivity contribution in [1.29, 1.82) is 0 Å². The van der Waals surface area contributed by atoms with Gasteiger partial charge in [0.05, 0.1) is 11.3 Å². The van der Waals surface area contributed by atoms with Gasteiger partial charge in [0.1, 0.15) is 5.82 Å². The fraction of sp³-hybridized carbons (Fsp3) is 0.588. The lowest BCUT2D eigenvalue weighted by Crippen LogP contribution is -2.42. The van der Waals surface area contributed by atoms with Gasteiger partial charge in [-0.15, -0.1) is 10.2 Å². The summed E-state index contributed by atoms with van der Waals surface area (Å²) in [5, 5.41) is 19.7. The summed E-state index contributed by atoms with van der Waals surface area (Å²) in [6, 6.07) is 0.140. The first-order chi connectivity index (χ1) is 13.8. The molecule has 3 rings (SSSR count). The van der Waals surface area contributed by atoms with Crippen molar-refractivity contribution in [2.24, 2.45) is 0 Å². The molecule has 0 aliphatic carbocycles. The van der Waals surface area contributed by atoms with Gasteiger partial charge in [0.2, 0.25) is 5.60 Å². The van der Waals surface area contributed by atoms with Crippen molar-refractivity contribution in [2.45, 2.75) is 63.0 Å². The molecule has 166 valence electrons. The van der Waals surface area contributed by atoms with E-state index in [4.69, 9.17) is 10.2 Å². The van der Waals surface area contributed by atoms with Crippen molar-refractivity contribution in [1.82, 2.24) is 15.2 Å². The third-order valence-electron chi connectivity index (χ3n) is 4.87. The van der Waals surface area contributed by atoms with E-state index in [1.807, 2.05) is 0 Å². The lowest BCUT2D eigenvalue weighted by Gasteiger charge is -2.27. The Morgan fingerprint density at radius 3 is 2.50 bits per heavy atom. The van der Waals surface area contributed by atoms with Crippen LogP contribution in [-0.4, -0.2) is 32.5 Å². The average Bonchev–Trinajstić information content (AvgIpc) is 3.10. The van der Waals surface area contributed by atoms with Gasteiger partial charge in [0.25, 0.3) is 11.8 Å². The van der Waals surface area contributed by atoms with Crippen LogP contribution in [0.5, 0.6) is 0 Å². The van der Waals surface area contributed by atoms with Crippen molar-refractivity contribution in [3.63, 3.8) is 0 Å². The highest BCUT2D eigenvalue weighted by Gasteiger charge is 2.58. The molecule has 2 aromatic heterocycles. The number of rotatable bonds is 0. The minimum atomic E-state index is -5.10. The summed E-state index contributed by atoms with van der Waals surface area (Å²) in [6.45, 7) is 1.63. The molecular weight excluding hydrogens is 420 g/mol. The second kappa shape index (κ2) is 7.60. The Bertz CT molecular complexity index is 913. The number of nitrogen functional groups attached to an aromatic ring is 1. The number of nitrogens with zero attached hydrogens (tertiary/aromatic N) is 3. The van der Waals surface area contributed by atoms with E-state index in [9.17, 15) is 31.4 Å². The zero-order valence-electron chi connectivity index (χ0n) is 15.7. The van der Waals surface area contributed by atoms with Gasteiger partial charge in [0, 0.05) is 6.04 Å². The average molecular weight is 439 g/mol. The van der Waals surface area contributed by atoms with E-state index in [1.54, 1.807) is 6.92 Å². The Morgan fingerprint density at radius 2 is 1.87 bits per heavy atom. The smallest absolute Gasteiger partial charge is 0.416 e. The number of hydrogen-bond acceptors (Lipinski definition) is 7. The summed E-state index contributed by atoms with van der Waals surface area (Å²) < 4.78 is 85.9. The van der Waals surface area contributed by atoms with Crippen LogP contribution in [-0.2, 0) is 11.8 Å². The zero-order valence-corrected chi connectivity index (χ0v) is 15.7. The first-order valence-electron chi connectivity index (χ1n) is 9.10. The van der Waals surface area contributed by atoms with Crippen LogP contribution >= 0.6 is 0 Å². The molecule has 1 aliphatic heterocycles. The fourth-order valence-electron chi connectivity index (χ4n) is 3.20. The maximum atomic E-state index is 13.6. The van der Waals surface area contributed by atoms with E-state index < -0.39 is 65.0 Å². The normalized spacial score (nSPS) is 23.5. The quantitative estimate of drug-likeness (QED) is 0.527. The first kappa shape index (κ1) is 22.1. The number of fused-ring (bicyclic) bond motifs is 5. The summed E-state index contributed by atoms with van der Waals surface area (Å²) >= 11 is 0. The molecule has 7 nitrogen and oxygen atoms in total.